The molecule has 2 N–H and O–H groups in total. The van der Waals surface area contributed by atoms with Gasteiger partial charge in [-0.2, -0.15) is 4.31 Å². The number of esters is 1. The van der Waals surface area contributed by atoms with Crippen molar-refractivity contribution in [2.24, 2.45) is 0 Å². The number of rotatable bonds is 8. The Hall–Kier alpha value is -2.72. The van der Waals surface area contributed by atoms with Crippen molar-refractivity contribution in [2.75, 3.05) is 37.7 Å². The number of hydrogen-bond acceptors (Lipinski definition) is 8. The summed E-state index contributed by atoms with van der Waals surface area (Å²) in [7, 11) is -3.75. The van der Waals surface area contributed by atoms with Crippen molar-refractivity contribution < 1.29 is 27.9 Å². The monoisotopic (exact) mass is 477 g/mol. The van der Waals surface area contributed by atoms with Crippen LogP contribution >= 0.6 is 0 Å². The number of piperidine rings is 1. The SMILES string of the molecule is CC(=N)/C(C(C)=O)=C(/O)COC(=O)c1cc(S(=O)(=O)N2CCCCC2)ccc1N1CCCC1. The van der Waals surface area contributed by atoms with Crippen molar-refractivity contribution in [3.05, 3.63) is 35.1 Å². The Morgan fingerprint density at radius 1 is 1.03 bits per heavy atom. The van der Waals surface area contributed by atoms with E-state index in [1.807, 2.05) is 4.90 Å². The van der Waals surface area contributed by atoms with Crippen LogP contribution in [-0.4, -0.2) is 68.1 Å². The van der Waals surface area contributed by atoms with E-state index >= 15 is 0 Å². The first-order valence-corrected chi connectivity index (χ1v) is 12.6. The van der Waals surface area contributed by atoms with E-state index in [0.29, 0.717) is 18.8 Å². The lowest BCUT2D eigenvalue weighted by Gasteiger charge is -2.27. The number of carbonyl (C=O) groups excluding carboxylic acids is 2. The minimum absolute atomic E-state index is 0.0267. The predicted molar refractivity (Wildman–Crippen MR) is 125 cm³/mol. The molecular formula is C23H31N3O6S. The van der Waals surface area contributed by atoms with Gasteiger partial charge in [0.2, 0.25) is 10.0 Å². The normalized spacial score (nSPS) is 18.1. The standard InChI is InChI=1S/C23H31N3O6S/c1-16(24)22(17(2)27)21(28)15-32-23(29)19-14-18(8-9-20(19)25-10-6-7-11-25)33(30,31)26-12-4-3-5-13-26/h8-9,14,24,28H,3-7,10-13,15H2,1-2H3/b22-21-,24-16?. The van der Waals surface area contributed by atoms with E-state index in [0.717, 1.165) is 45.2 Å². The van der Waals surface area contributed by atoms with E-state index < -0.39 is 34.1 Å². The van der Waals surface area contributed by atoms with Crippen LogP contribution in [0.4, 0.5) is 5.69 Å². The molecule has 1 aromatic carbocycles. The fraction of sp³-hybridized carbons (Fsp3) is 0.522. The molecule has 2 fully saturated rings. The summed E-state index contributed by atoms with van der Waals surface area (Å²) in [4.78, 5) is 26.7. The Bertz CT molecular complexity index is 1050. The first kappa shape index (κ1) is 24.9. The van der Waals surface area contributed by atoms with Gasteiger partial charge in [-0.15, -0.1) is 0 Å². The second kappa shape index (κ2) is 10.5. The van der Waals surface area contributed by atoms with E-state index in [9.17, 15) is 23.1 Å². The first-order valence-electron chi connectivity index (χ1n) is 11.2. The number of benzene rings is 1. The summed E-state index contributed by atoms with van der Waals surface area (Å²) in [6, 6.07) is 4.50. The van der Waals surface area contributed by atoms with Gasteiger partial charge in [-0.3, -0.25) is 4.79 Å². The zero-order valence-corrected chi connectivity index (χ0v) is 19.9. The lowest BCUT2D eigenvalue weighted by atomic mass is 10.1. The molecule has 0 aromatic heterocycles. The van der Waals surface area contributed by atoms with Crippen LogP contribution < -0.4 is 4.90 Å². The fourth-order valence-corrected chi connectivity index (χ4v) is 5.84. The minimum atomic E-state index is -3.75. The third-order valence-corrected chi connectivity index (χ3v) is 7.84. The largest absolute Gasteiger partial charge is 0.508 e. The summed E-state index contributed by atoms with van der Waals surface area (Å²) >= 11 is 0. The summed E-state index contributed by atoms with van der Waals surface area (Å²) in [6.07, 6.45) is 4.53. The molecule has 33 heavy (non-hydrogen) atoms. The second-order valence-corrected chi connectivity index (χ2v) is 10.4. The number of sulfonamides is 1. The molecule has 9 nitrogen and oxygen atoms in total. The Kier molecular flexibility index (Phi) is 7.91. The predicted octanol–water partition coefficient (Wildman–Crippen LogP) is 3.06. The van der Waals surface area contributed by atoms with Crippen LogP contribution in [-0.2, 0) is 19.6 Å². The van der Waals surface area contributed by atoms with E-state index in [1.54, 1.807) is 6.07 Å². The van der Waals surface area contributed by atoms with Gasteiger partial charge < -0.3 is 20.2 Å². The van der Waals surface area contributed by atoms with Crippen molar-refractivity contribution >= 4 is 33.2 Å². The van der Waals surface area contributed by atoms with Gasteiger partial charge in [0.15, 0.2) is 5.78 Å². The molecule has 2 aliphatic rings. The summed E-state index contributed by atoms with van der Waals surface area (Å²) in [5.74, 6) is -1.82. The van der Waals surface area contributed by atoms with Crippen LogP contribution in [0, 0.1) is 5.41 Å². The lowest BCUT2D eigenvalue weighted by molar-refractivity contribution is -0.113. The maximum atomic E-state index is 13.2. The Morgan fingerprint density at radius 2 is 1.64 bits per heavy atom. The number of allylic oxidation sites excluding steroid dienone is 1. The molecule has 180 valence electrons. The van der Waals surface area contributed by atoms with E-state index in [-0.39, 0.29) is 21.7 Å². The first-order chi connectivity index (χ1) is 15.6. The van der Waals surface area contributed by atoms with Gasteiger partial charge in [0.05, 0.1) is 21.7 Å². The second-order valence-electron chi connectivity index (χ2n) is 8.42. The van der Waals surface area contributed by atoms with E-state index in [1.165, 1.54) is 30.3 Å². The number of nitrogens with zero attached hydrogens (tertiary/aromatic N) is 2. The molecule has 0 saturated carbocycles. The van der Waals surface area contributed by atoms with Gasteiger partial charge >= 0.3 is 5.97 Å². The molecule has 0 amide bonds. The van der Waals surface area contributed by atoms with Crippen molar-refractivity contribution in [2.45, 2.75) is 50.8 Å². The molecule has 2 heterocycles. The number of aliphatic hydroxyl groups excluding tert-OH is 1. The van der Waals surface area contributed by atoms with Crippen molar-refractivity contribution in [1.29, 1.82) is 5.41 Å². The van der Waals surface area contributed by atoms with Crippen LogP contribution in [0.5, 0.6) is 0 Å². The number of hydrogen-bond donors (Lipinski definition) is 2. The molecule has 2 aliphatic heterocycles. The summed E-state index contributed by atoms with van der Waals surface area (Å²) in [5, 5.41) is 17.9. The van der Waals surface area contributed by atoms with Crippen molar-refractivity contribution in [3.63, 3.8) is 0 Å². The molecule has 0 radical (unpaired) electrons. The number of ether oxygens (including phenoxy) is 1. The van der Waals surface area contributed by atoms with Gasteiger partial charge in [0, 0.05) is 31.9 Å². The minimum Gasteiger partial charge on any atom is -0.508 e. The number of aliphatic hydroxyl groups is 1. The van der Waals surface area contributed by atoms with Gasteiger partial charge in [-0.1, -0.05) is 6.42 Å². The topological polar surface area (TPSA) is 128 Å². The quantitative estimate of drug-likeness (QED) is 0.255. The van der Waals surface area contributed by atoms with Gasteiger partial charge in [0.25, 0.3) is 0 Å². The maximum Gasteiger partial charge on any atom is 0.340 e. The maximum absolute atomic E-state index is 13.2. The zero-order valence-electron chi connectivity index (χ0n) is 19.1. The van der Waals surface area contributed by atoms with Crippen LogP contribution in [0.15, 0.2) is 34.4 Å². The Morgan fingerprint density at radius 3 is 2.21 bits per heavy atom. The molecule has 0 unspecified atom stereocenters. The summed E-state index contributed by atoms with van der Waals surface area (Å²) < 4.78 is 33.0. The summed E-state index contributed by atoms with van der Waals surface area (Å²) in [6.45, 7) is 4.36. The Balaban J connectivity index is 1.93. The molecule has 2 saturated heterocycles. The molecular weight excluding hydrogens is 446 g/mol. The highest BCUT2D eigenvalue weighted by Crippen LogP contribution is 2.30. The molecule has 0 spiro atoms. The fourth-order valence-electron chi connectivity index (χ4n) is 4.29. The van der Waals surface area contributed by atoms with Crippen molar-refractivity contribution in [3.8, 4) is 0 Å². The third kappa shape index (κ3) is 5.62. The number of carbonyl (C=O) groups is 2. The smallest absolute Gasteiger partial charge is 0.340 e. The number of ketones is 1. The van der Waals surface area contributed by atoms with E-state index in [4.69, 9.17) is 10.1 Å². The zero-order chi connectivity index (χ0) is 24.2. The average Bonchev–Trinajstić information content (AvgIpc) is 3.32. The third-order valence-electron chi connectivity index (χ3n) is 5.94. The Labute approximate surface area is 194 Å². The number of anilines is 1. The number of nitrogens with one attached hydrogen (secondary N) is 1. The van der Waals surface area contributed by atoms with Gasteiger partial charge in [-0.05, 0) is 57.7 Å². The average molecular weight is 478 g/mol. The highest BCUT2D eigenvalue weighted by molar-refractivity contribution is 7.89. The molecule has 0 atom stereocenters. The molecule has 3 rings (SSSR count). The molecule has 0 aliphatic carbocycles. The van der Waals surface area contributed by atoms with Crippen LogP contribution in [0.1, 0.15) is 56.3 Å². The van der Waals surface area contributed by atoms with Crippen LogP contribution in [0.2, 0.25) is 0 Å². The van der Waals surface area contributed by atoms with Gasteiger partial charge in [0.1, 0.15) is 12.4 Å². The van der Waals surface area contributed by atoms with Crippen LogP contribution in [0.25, 0.3) is 0 Å². The van der Waals surface area contributed by atoms with E-state index in [2.05, 4.69) is 0 Å². The lowest BCUT2D eigenvalue weighted by Crippen LogP contribution is -2.35. The highest BCUT2D eigenvalue weighted by atomic mass is 32.2. The molecule has 10 heteroatoms. The van der Waals surface area contributed by atoms with Crippen LogP contribution in [0.3, 0.4) is 0 Å². The molecule has 1 aromatic rings. The van der Waals surface area contributed by atoms with Crippen molar-refractivity contribution in [1.82, 2.24) is 4.31 Å². The number of Topliss-reactive ketones (excluding diaryl/α,β-unsaturated/α-hetero) is 1. The molecule has 0 bridgehead atoms. The van der Waals surface area contributed by atoms with Gasteiger partial charge in [-0.25, -0.2) is 13.2 Å². The highest BCUT2D eigenvalue weighted by Gasteiger charge is 2.29. The summed E-state index contributed by atoms with van der Waals surface area (Å²) in [5.41, 5.74) is 0.333.